The molecule has 82 valence electrons. The van der Waals surface area contributed by atoms with Gasteiger partial charge in [0.2, 0.25) is 0 Å². The summed E-state index contributed by atoms with van der Waals surface area (Å²) in [6, 6.07) is 6.77. The molecule has 1 aromatic carbocycles. The van der Waals surface area contributed by atoms with Gasteiger partial charge in [0.15, 0.2) is 0 Å². The topological polar surface area (TPSA) is 12.0 Å². The van der Waals surface area contributed by atoms with Crippen LogP contribution < -0.4 is 5.32 Å². The molecule has 3 heteroatoms. The molecule has 1 aliphatic rings. The maximum absolute atomic E-state index is 12.6. The van der Waals surface area contributed by atoms with Crippen molar-refractivity contribution in [1.29, 1.82) is 0 Å². The lowest BCUT2D eigenvalue weighted by Crippen LogP contribution is -2.21. The van der Waals surface area contributed by atoms with Crippen molar-refractivity contribution < 1.29 is 4.39 Å². The number of hydrogen-bond donors (Lipinski definition) is 1. The van der Waals surface area contributed by atoms with Crippen molar-refractivity contribution in [2.45, 2.75) is 12.8 Å². The SMILES string of the molecule is Cl.Fc1ccc(CC2=CCNCC2)cc1. The maximum Gasteiger partial charge on any atom is 0.123 e. The zero-order chi connectivity index (χ0) is 9.80. The Labute approximate surface area is 95.8 Å². The van der Waals surface area contributed by atoms with Crippen LogP contribution in [0.1, 0.15) is 12.0 Å². The molecule has 0 fully saturated rings. The maximum atomic E-state index is 12.6. The number of benzene rings is 1. The van der Waals surface area contributed by atoms with Crippen LogP contribution in [0, 0.1) is 5.82 Å². The fourth-order valence-corrected chi connectivity index (χ4v) is 1.69. The van der Waals surface area contributed by atoms with E-state index in [-0.39, 0.29) is 18.2 Å². The third-order valence-electron chi connectivity index (χ3n) is 2.50. The average Bonchev–Trinajstić information content (AvgIpc) is 2.23. The Balaban J connectivity index is 0.00000112. The lowest BCUT2D eigenvalue weighted by molar-refractivity contribution is 0.627. The summed E-state index contributed by atoms with van der Waals surface area (Å²) in [7, 11) is 0. The molecule has 0 saturated carbocycles. The second kappa shape index (κ2) is 5.89. The van der Waals surface area contributed by atoms with E-state index >= 15 is 0 Å². The van der Waals surface area contributed by atoms with Crippen LogP contribution >= 0.6 is 12.4 Å². The minimum atomic E-state index is -0.159. The average molecular weight is 228 g/mol. The molecule has 0 atom stereocenters. The molecule has 0 amide bonds. The van der Waals surface area contributed by atoms with Gasteiger partial charge in [-0.05, 0) is 37.1 Å². The number of nitrogens with one attached hydrogen (secondary N) is 1. The van der Waals surface area contributed by atoms with Crippen LogP contribution in [0.15, 0.2) is 35.9 Å². The van der Waals surface area contributed by atoms with Gasteiger partial charge < -0.3 is 5.32 Å². The highest BCUT2D eigenvalue weighted by molar-refractivity contribution is 5.85. The normalized spacial score (nSPS) is 15.4. The van der Waals surface area contributed by atoms with E-state index in [0.717, 1.165) is 25.9 Å². The summed E-state index contributed by atoms with van der Waals surface area (Å²) in [6.45, 7) is 2.03. The number of rotatable bonds is 2. The van der Waals surface area contributed by atoms with Crippen LogP contribution in [-0.4, -0.2) is 13.1 Å². The molecule has 1 heterocycles. The number of halogens is 2. The van der Waals surface area contributed by atoms with Crippen LogP contribution in [0.3, 0.4) is 0 Å². The molecule has 0 unspecified atom stereocenters. The minimum absolute atomic E-state index is 0. The highest BCUT2D eigenvalue weighted by Gasteiger charge is 2.03. The Bertz CT molecular complexity index is 332. The first-order valence-electron chi connectivity index (χ1n) is 4.98. The Morgan fingerprint density at radius 3 is 2.53 bits per heavy atom. The van der Waals surface area contributed by atoms with Gasteiger partial charge in [0.25, 0.3) is 0 Å². The van der Waals surface area contributed by atoms with Gasteiger partial charge >= 0.3 is 0 Å². The molecule has 0 aromatic heterocycles. The predicted molar refractivity (Wildman–Crippen MR) is 62.9 cm³/mol. The predicted octanol–water partition coefficient (Wildman–Crippen LogP) is 2.71. The molecular weight excluding hydrogens is 213 g/mol. The first-order valence-corrected chi connectivity index (χ1v) is 4.98. The van der Waals surface area contributed by atoms with Gasteiger partial charge in [0.05, 0.1) is 0 Å². The minimum Gasteiger partial charge on any atom is -0.313 e. The Morgan fingerprint density at radius 2 is 1.93 bits per heavy atom. The van der Waals surface area contributed by atoms with E-state index in [9.17, 15) is 4.39 Å². The van der Waals surface area contributed by atoms with Gasteiger partial charge in [-0.25, -0.2) is 4.39 Å². The van der Waals surface area contributed by atoms with Gasteiger partial charge in [0.1, 0.15) is 5.82 Å². The lowest BCUT2D eigenvalue weighted by Gasteiger charge is -2.13. The Hall–Kier alpha value is -0.860. The van der Waals surface area contributed by atoms with E-state index in [1.807, 2.05) is 12.1 Å². The molecule has 0 bridgehead atoms. The van der Waals surface area contributed by atoms with Crippen molar-refractivity contribution in [3.63, 3.8) is 0 Å². The standard InChI is InChI=1S/C12H14FN.ClH/c13-12-3-1-10(2-4-12)9-11-5-7-14-8-6-11;/h1-5,14H,6-9H2;1H. The molecule has 0 spiro atoms. The van der Waals surface area contributed by atoms with E-state index in [1.165, 1.54) is 23.3 Å². The van der Waals surface area contributed by atoms with Gasteiger partial charge in [0, 0.05) is 6.54 Å². The van der Waals surface area contributed by atoms with Crippen LogP contribution in [0.2, 0.25) is 0 Å². The second-order valence-electron chi connectivity index (χ2n) is 3.62. The molecule has 1 nitrogen and oxygen atoms in total. The van der Waals surface area contributed by atoms with E-state index in [1.54, 1.807) is 0 Å². The molecular formula is C12H15ClFN. The van der Waals surface area contributed by atoms with Crippen LogP contribution in [-0.2, 0) is 6.42 Å². The summed E-state index contributed by atoms with van der Waals surface area (Å²) in [5.74, 6) is -0.159. The van der Waals surface area contributed by atoms with E-state index in [2.05, 4.69) is 11.4 Å². The molecule has 1 aromatic rings. The smallest absolute Gasteiger partial charge is 0.123 e. The summed E-state index contributed by atoms with van der Waals surface area (Å²) >= 11 is 0. The molecule has 0 aliphatic carbocycles. The third kappa shape index (κ3) is 3.65. The van der Waals surface area contributed by atoms with Gasteiger partial charge in [-0.15, -0.1) is 12.4 Å². The zero-order valence-electron chi connectivity index (χ0n) is 8.50. The molecule has 0 radical (unpaired) electrons. The Kier molecular flexibility index (Phi) is 4.79. The van der Waals surface area contributed by atoms with E-state index in [0.29, 0.717) is 0 Å². The zero-order valence-corrected chi connectivity index (χ0v) is 9.32. The van der Waals surface area contributed by atoms with Crippen molar-refractivity contribution in [3.05, 3.63) is 47.3 Å². The number of hydrogen-bond acceptors (Lipinski definition) is 1. The van der Waals surface area contributed by atoms with Crippen LogP contribution in [0.4, 0.5) is 4.39 Å². The van der Waals surface area contributed by atoms with Gasteiger partial charge in [-0.1, -0.05) is 23.8 Å². The summed E-state index contributed by atoms with van der Waals surface area (Å²) in [5, 5.41) is 3.27. The first-order chi connectivity index (χ1) is 6.84. The lowest BCUT2D eigenvalue weighted by atomic mass is 10.0. The van der Waals surface area contributed by atoms with Gasteiger partial charge in [-0.2, -0.15) is 0 Å². The van der Waals surface area contributed by atoms with Crippen LogP contribution in [0.5, 0.6) is 0 Å². The fraction of sp³-hybridized carbons (Fsp3) is 0.333. The molecule has 1 N–H and O–H groups in total. The Morgan fingerprint density at radius 1 is 1.20 bits per heavy atom. The summed E-state index contributed by atoms with van der Waals surface area (Å²) < 4.78 is 12.6. The summed E-state index contributed by atoms with van der Waals surface area (Å²) in [6.07, 6.45) is 4.30. The van der Waals surface area contributed by atoms with E-state index < -0.39 is 0 Å². The molecule has 2 rings (SSSR count). The van der Waals surface area contributed by atoms with Crippen LogP contribution in [0.25, 0.3) is 0 Å². The second-order valence-corrected chi connectivity index (χ2v) is 3.62. The quantitative estimate of drug-likeness (QED) is 0.767. The fourth-order valence-electron chi connectivity index (χ4n) is 1.69. The molecule has 15 heavy (non-hydrogen) atoms. The monoisotopic (exact) mass is 227 g/mol. The van der Waals surface area contributed by atoms with Gasteiger partial charge in [-0.3, -0.25) is 0 Å². The van der Waals surface area contributed by atoms with Crippen molar-refractivity contribution in [3.8, 4) is 0 Å². The van der Waals surface area contributed by atoms with E-state index in [4.69, 9.17) is 0 Å². The summed E-state index contributed by atoms with van der Waals surface area (Å²) in [5.41, 5.74) is 2.65. The van der Waals surface area contributed by atoms with Crippen molar-refractivity contribution in [2.75, 3.05) is 13.1 Å². The molecule has 0 saturated heterocycles. The first kappa shape index (κ1) is 12.2. The summed E-state index contributed by atoms with van der Waals surface area (Å²) in [4.78, 5) is 0. The highest BCUT2D eigenvalue weighted by Crippen LogP contribution is 2.13. The highest BCUT2D eigenvalue weighted by atomic mass is 35.5. The van der Waals surface area contributed by atoms with Crippen molar-refractivity contribution in [1.82, 2.24) is 5.32 Å². The third-order valence-corrected chi connectivity index (χ3v) is 2.50. The largest absolute Gasteiger partial charge is 0.313 e. The van der Waals surface area contributed by atoms with Crippen molar-refractivity contribution in [2.24, 2.45) is 0 Å². The van der Waals surface area contributed by atoms with Crippen molar-refractivity contribution >= 4 is 12.4 Å². The molecule has 1 aliphatic heterocycles.